The molecule has 0 heterocycles. The molecule has 1 N–H and O–H groups in total. The largest absolute Gasteiger partial charge is 0.489 e. The van der Waals surface area contributed by atoms with Gasteiger partial charge in [0.25, 0.3) is 0 Å². The molecule has 0 saturated carbocycles. The summed E-state index contributed by atoms with van der Waals surface area (Å²) >= 11 is 2.26. The zero-order valence-electron chi connectivity index (χ0n) is 17.1. The molecule has 31 heavy (non-hydrogen) atoms. The zero-order valence-corrected chi connectivity index (χ0v) is 19.3. The predicted molar refractivity (Wildman–Crippen MR) is 127 cm³/mol. The number of carbonyl (C=O) groups is 1. The molecule has 3 rings (SSSR count). The Morgan fingerprint density at radius 1 is 1.06 bits per heavy atom. The van der Waals surface area contributed by atoms with Crippen LogP contribution in [0.4, 0.5) is 4.39 Å². The van der Waals surface area contributed by atoms with Crippen LogP contribution in [0.3, 0.4) is 0 Å². The van der Waals surface area contributed by atoms with Crippen molar-refractivity contribution >= 4 is 34.1 Å². The van der Waals surface area contributed by atoms with E-state index in [4.69, 9.17) is 14.6 Å². The average Bonchev–Trinajstić information content (AvgIpc) is 2.74. The van der Waals surface area contributed by atoms with Gasteiger partial charge in [0.2, 0.25) is 0 Å². The summed E-state index contributed by atoms with van der Waals surface area (Å²) in [5.41, 5.74) is 3.64. The molecule has 3 aromatic carbocycles. The van der Waals surface area contributed by atoms with E-state index < -0.39 is 12.1 Å². The third kappa shape index (κ3) is 6.30. The molecule has 0 amide bonds. The van der Waals surface area contributed by atoms with Gasteiger partial charge in [-0.15, -0.1) is 0 Å². The SMILES string of the molecule is Cc1cc(OCC=C(c2ccc(F)cc2)c2ccc(I)cc2)ccc1OC(C)C(=O)O. The second-order valence-corrected chi connectivity index (χ2v) is 8.21. The number of benzene rings is 3. The molecule has 0 aliphatic heterocycles. The summed E-state index contributed by atoms with van der Waals surface area (Å²) in [6.07, 6.45) is 1.03. The Hall–Kier alpha value is -2.87. The molecular formula is C25H22FIO4. The van der Waals surface area contributed by atoms with E-state index in [0.717, 1.165) is 25.8 Å². The lowest BCUT2D eigenvalue weighted by Crippen LogP contribution is -2.23. The van der Waals surface area contributed by atoms with Crippen molar-refractivity contribution in [2.45, 2.75) is 20.0 Å². The van der Waals surface area contributed by atoms with Gasteiger partial charge in [-0.2, -0.15) is 0 Å². The second-order valence-electron chi connectivity index (χ2n) is 6.97. The summed E-state index contributed by atoms with van der Waals surface area (Å²) in [7, 11) is 0. The van der Waals surface area contributed by atoms with Gasteiger partial charge in [0.05, 0.1) is 0 Å². The van der Waals surface area contributed by atoms with Crippen LogP contribution in [-0.2, 0) is 4.79 Å². The number of aliphatic carboxylic acids is 1. The van der Waals surface area contributed by atoms with Gasteiger partial charge in [0, 0.05) is 3.57 Å². The Morgan fingerprint density at radius 2 is 1.68 bits per heavy atom. The van der Waals surface area contributed by atoms with Crippen LogP contribution in [0, 0.1) is 16.3 Å². The number of carboxylic acid groups (broad SMARTS) is 1. The molecule has 1 unspecified atom stereocenters. The quantitative estimate of drug-likeness (QED) is 0.357. The molecule has 0 aliphatic rings. The molecule has 0 saturated heterocycles. The standard InChI is InChI=1S/C25H22FIO4/c1-16-15-22(11-12-24(16)31-17(2)25(28)29)30-14-13-23(18-3-7-20(26)8-4-18)19-5-9-21(27)10-6-19/h3-13,15,17H,14H2,1-2H3,(H,28,29). The highest BCUT2D eigenvalue weighted by Crippen LogP contribution is 2.27. The van der Waals surface area contributed by atoms with E-state index in [9.17, 15) is 9.18 Å². The summed E-state index contributed by atoms with van der Waals surface area (Å²) in [4.78, 5) is 11.0. The fourth-order valence-electron chi connectivity index (χ4n) is 2.97. The minimum Gasteiger partial charge on any atom is -0.489 e. The van der Waals surface area contributed by atoms with Gasteiger partial charge in [-0.3, -0.25) is 0 Å². The van der Waals surface area contributed by atoms with E-state index in [0.29, 0.717) is 18.1 Å². The van der Waals surface area contributed by atoms with Crippen molar-refractivity contribution in [2.24, 2.45) is 0 Å². The smallest absolute Gasteiger partial charge is 0.344 e. The lowest BCUT2D eigenvalue weighted by molar-refractivity contribution is -0.144. The lowest BCUT2D eigenvalue weighted by Gasteiger charge is -2.14. The van der Waals surface area contributed by atoms with Gasteiger partial charge in [-0.05, 0) is 107 Å². The van der Waals surface area contributed by atoms with E-state index in [-0.39, 0.29) is 5.82 Å². The first-order valence-corrected chi connectivity index (χ1v) is 10.8. The third-order valence-electron chi connectivity index (χ3n) is 4.65. The van der Waals surface area contributed by atoms with Crippen molar-refractivity contribution in [3.63, 3.8) is 0 Å². The molecule has 1 atom stereocenters. The summed E-state index contributed by atoms with van der Waals surface area (Å²) in [5, 5.41) is 9.00. The molecule has 6 heteroatoms. The third-order valence-corrected chi connectivity index (χ3v) is 5.36. The number of ether oxygens (including phenoxy) is 2. The average molecular weight is 532 g/mol. The maximum absolute atomic E-state index is 13.4. The Labute approximate surface area is 194 Å². The Kier molecular flexibility index (Phi) is 7.68. The molecule has 0 fully saturated rings. The fourth-order valence-corrected chi connectivity index (χ4v) is 3.33. The number of hydrogen-bond donors (Lipinski definition) is 1. The van der Waals surface area contributed by atoms with E-state index in [1.807, 2.05) is 37.3 Å². The van der Waals surface area contributed by atoms with Crippen LogP contribution < -0.4 is 9.47 Å². The van der Waals surface area contributed by atoms with Crippen LogP contribution in [0.1, 0.15) is 23.6 Å². The van der Waals surface area contributed by atoms with Gasteiger partial charge in [0.15, 0.2) is 6.10 Å². The van der Waals surface area contributed by atoms with Gasteiger partial charge >= 0.3 is 5.97 Å². The van der Waals surface area contributed by atoms with Crippen LogP contribution in [0.5, 0.6) is 11.5 Å². The summed E-state index contributed by atoms with van der Waals surface area (Å²) in [6.45, 7) is 3.63. The van der Waals surface area contributed by atoms with Crippen molar-refractivity contribution in [3.8, 4) is 11.5 Å². The summed E-state index contributed by atoms with van der Waals surface area (Å²) in [5.74, 6) is -0.153. The van der Waals surface area contributed by atoms with Crippen LogP contribution >= 0.6 is 22.6 Å². The number of aryl methyl sites for hydroxylation is 1. The van der Waals surface area contributed by atoms with Crippen LogP contribution in [0.25, 0.3) is 5.57 Å². The van der Waals surface area contributed by atoms with Gasteiger partial charge < -0.3 is 14.6 Å². The maximum atomic E-state index is 13.4. The van der Waals surface area contributed by atoms with Gasteiger partial charge in [0.1, 0.15) is 23.9 Å². The van der Waals surface area contributed by atoms with E-state index in [2.05, 4.69) is 22.6 Å². The van der Waals surface area contributed by atoms with Crippen molar-refractivity contribution in [1.82, 2.24) is 0 Å². The Bertz CT molecular complexity index is 1030. The Balaban J connectivity index is 1.78. The minimum atomic E-state index is -1.02. The molecule has 0 aliphatic carbocycles. The van der Waals surface area contributed by atoms with Crippen molar-refractivity contribution < 1.29 is 23.8 Å². The summed E-state index contributed by atoms with van der Waals surface area (Å²) in [6, 6.07) is 19.7. The summed E-state index contributed by atoms with van der Waals surface area (Å²) < 4.78 is 25.8. The Morgan fingerprint density at radius 3 is 2.26 bits per heavy atom. The predicted octanol–water partition coefficient (Wildman–Crippen LogP) is 6.10. The van der Waals surface area contributed by atoms with Crippen molar-refractivity contribution in [1.29, 1.82) is 0 Å². The molecular weight excluding hydrogens is 510 g/mol. The maximum Gasteiger partial charge on any atom is 0.344 e. The van der Waals surface area contributed by atoms with Crippen LogP contribution in [0.2, 0.25) is 0 Å². The van der Waals surface area contributed by atoms with Gasteiger partial charge in [-0.1, -0.05) is 24.3 Å². The number of rotatable bonds is 8. The molecule has 0 aromatic heterocycles. The first-order chi connectivity index (χ1) is 14.8. The van der Waals surface area contributed by atoms with E-state index in [1.54, 1.807) is 30.3 Å². The second kappa shape index (κ2) is 10.4. The van der Waals surface area contributed by atoms with Crippen molar-refractivity contribution in [2.75, 3.05) is 6.61 Å². The highest BCUT2D eigenvalue weighted by atomic mass is 127. The number of carboxylic acids is 1. The van der Waals surface area contributed by atoms with Crippen LogP contribution in [0.15, 0.2) is 72.8 Å². The van der Waals surface area contributed by atoms with E-state index >= 15 is 0 Å². The molecule has 4 nitrogen and oxygen atoms in total. The monoisotopic (exact) mass is 532 g/mol. The normalized spacial score (nSPS) is 12.3. The molecule has 0 radical (unpaired) electrons. The topological polar surface area (TPSA) is 55.8 Å². The number of hydrogen-bond acceptors (Lipinski definition) is 3. The zero-order chi connectivity index (χ0) is 22.4. The lowest BCUT2D eigenvalue weighted by atomic mass is 9.98. The highest BCUT2D eigenvalue weighted by molar-refractivity contribution is 14.1. The minimum absolute atomic E-state index is 0.281. The first kappa shape index (κ1) is 22.8. The van der Waals surface area contributed by atoms with Crippen LogP contribution in [-0.4, -0.2) is 23.8 Å². The number of halogens is 2. The first-order valence-electron chi connectivity index (χ1n) is 9.68. The van der Waals surface area contributed by atoms with Gasteiger partial charge in [-0.25, -0.2) is 9.18 Å². The fraction of sp³-hybridized carbons (Fsp3) is 0.160. The highest BCUT2D eigenvalue weighted by Gasteiger charge is 2.14. The van der Waals surface area contributed by atoms with Crippen molar-refractivity contribution in [3.05, 3.63) is 98.9 Å². The molecule has 160 valence electrons. The molecule has 0 bridgehead atoms. The van der Waals surface area contributed by atoms with E-state index in [1.165, 1.54) is 19.1 Å². The molecule has 0 spiro atoms. The molecule has 3 aromatic rings.